The SMILES string of the molecule is O=C(NCc1cccnc1N1CCOCC1)N1CCN(c2ccccc2)CC1. The molecule has 0 saturated carbocycles. The topological polar surface area (TPSA) is 60.9 Å². The fourth-order valence-corrected chi connectivity index (χ4v) is 3.72. The van der Waals surface area contributed by atoms with E-state index >= 15 is 0 Å². The molecule has 0 bridgehead atoms. The number of amides is 2. The van der Waals surface area contributed by atoms with Gasteiger partial charge in [-0.1, -0.05) is 24.3 Å². The second-order valence-corrected chi connectivity index (χ2v) is 7.05. The van der Waals surface area contributed by atoms with Gasteiger partial charge in [0, 0.05) is 63.3 Å². The standard InChI is InChI=1S/C21H27N5O2/c27-21(26-11-9-24(10-12-26)19-6-2-1-3-7-19)23-17-18-5-4-8-22-20(18)25-13-15-28-16-14-25/h1-8H,9-17H2,(H,23,27). The van der Waals surface area contributed by atoms with E-state index in [1.807, 2.05) is 35.2 Å². The first-order valence-electron chi connectivity index (χ1n) is 9.90. The first kappa shape index (κ1) is 18.6. The largest absolute Gasteiger partial charge is 0.378 e. The lowest BCUT2D eigenvalue weighted by molar-refractivity contribution is 0.122. The van der Waals surface area contributed by atoms with Gasteiger partial charge in [0.1, 0.15) is 5.82 Å². The number of piperazine rings is 1. The molecule has 0 unspecified atom stereocenters. The number of pyridine rings is 1. The third kappa shape index (κ3) is 4.36. The number of ether oxygens (including phenoxy) is 1. The zero-order chi connectivity index (χ0) is 19.2. The van der Waals surface area contributed by atoms with E-state index < -0.39 is 0 Å². The summed E-state index contributed by atoms with van der Waals surface area (Å²) in [5.41, 5.74) is 2.26. The zero-order valence-corrected chi connectivity index (χ0v) is 16.1. The van der Waals surface area contributed by atoms with Crippen LogP contribution in [0.25, 0.3) is 0 Å². The molecular formula is C21H27N5O2. The number of benzene rings is 1. The second kappa shape index (κ2) is 8.93. The van der Waals surface area contributed by atoms with Gasteiger partial charge in [-0.3, -0.25) is 0 Å². The summed E-state index contributed by atoms with van der Waals surface area (Å²) in [5, 5.41) is 3.07. The van der Waals surface area contributed by atoms with Crippen molar-refractivity contribution in [3.8, 4) is 0 Å². The van der Waals surface area contributed by atoms with Gasteiger partial charge >= 0.3 is 6.03 Å². The minimum absolute atomic E-state index is 0.00973. The third-order valence-electron chi connectivity index (χ3n) is 5.30. The van der Waals surface area contributed by atoms with Gasteiger partial charge in [0.15, 0.2) is 0 Å². The highest BCUT2D eigenvalue weighted by Gasteiger charge is 2.22. The number of nitrogens with zero attached hydrogens (tertiary/aromatic N) is 4. The van der Waals surface area contributed by atoms with Crippen molar-refractivity contribution in [2.75, 3.05) is 62.3 Å². The summed E-state index contributed by atoms with van der Waals surface area (Å²) in [6.45, 7) is 6.74. The normalized spacial score (nSPS) is 17.5. The fraction of sp³-hybridized carbons (Fsp3) is 0.429. The molecule has 2 aliphatic rings. The first-order valence-corrected chi connectivity index (χ1v) is 9.90. The number of anilines is 2. The Labute approximate surface area is 165 Å². The number of urea groups is 1. The number of carbonyl (C=O) groups excluding carboxylic acids is 1. The minimum atomic E-state index is -0.00973. The molecule has 1 aromatic carbocycles. The summed E-state index contributed by atoms with van der Waals surface area (Å²) in [5.74, 6) is 0.944. The average molecular weight is 381 g/mol. The summed E-state index contributed by atoms with van der Waals surface area (Å²) < 4.78 is 5.43. The summed E-state index contributed by atoms with van der Waals surface area (Å²) in [6, 6.07) is 14.3. The third-order valence-corrected chi connectivity index (χ3v) is 5.30. The van der Waals surface area contributed by atoms with Gasteiger partial charge in [0.05, 0.1) is 13.2 Å². The number of para-hydroxylation sites is 1. The van der Waals surface area contributed by atoms with E-state index in [4.69, 9.17) is 4.74 Å². The highest BCUT2D eigenvalue weighted by Crippen LogP contribution is 2.19. The Kier molecular flexibility index (Phi) is 5.92. The highest BCUT2D eigenvalue weighted by molar-refractivity contribution is 5.74. The van der Waals surface area contributed by atoms with Crippen LogP contribution < -0.4 is 15.1 Å². The molecule has 0 radical (unpaired) electrons. The van der Waals surface area contributed by atoms with Crippen LogP contribution in [-0.4, -0.2) is 68.4 Å². The van der Waals surface area contributed by atoms with E-state index in [0.717, 1.165) is 50.6 Å². The van der Waals surface area contributed by atoms with Crippen molar-refractivity contribution in [1.82, 2.24) is 15.2 Å². The molecule has 7 heteroatoms. The monoisotopic (exact) mass is 381 g/mol. The quantitative estimate of drug-likeness (QED) is 0.877. The van der Waals surface area contributed by atoms with Crippen molar-refractivity contribution in [3.05, 3.63) is 54.2 Å². The molecule has 0 aliphatic carbocycles. The number of morpholine rings is 1. The van der Waals surface area contributed by atoms with Gasteiger partial charge < -0.3 is 24.8 Å². The molecule has 1 aromatic heterocycles. The Bertz CT molecular complexity index is 771. The number of aromatic nitrogens is 1. The molecule has 7 nitrogen and oxygen atoms in total. The van der Waals surface area contributed by atoms with E-state index in [-0.39, 0.29) is 6.03 Å². The average Bonchev–Trinajstić information content (AvgIpc) is 2.79. The van der Waals surface area contributed by atoms with Crippen LogP contribution in [0.3, 0.4) is 0 Å². The van der Waals surface area contributed by atoms with E-state index in [9.17, 15) is 4.79 Å². The van der Waals surface area contributed by atoms with Crippen LogP contribution in [0.4, 0.5) is 16.3 Å². The fourth-order valence-electron chi connectivity index (χ4n) is 3.72. The lowest BCUT2D eigenvalue weighted by Crippen LogP contribution is -2.51. The van der Waals surface area contributed by atoms with Gasteiger partial charge in [0.25, 0.3) is 0 Å². The van der Waals surface area contributed by atoms with Crippen LogP contribution in [0.15, 0.2) is 48.7 Å². The summed E-state index contributed by atoms with van der Waals surface area (Å²) >= 11 is 0. The van der Waals surface area contributed by atoms with Gasteiger partial charge in [-0.05, 0) is 18.2 Å². The van der Waals surface area contributed by atoms with Crippen molar-refractivity contribution in [2.45, 2.75) is 6.54 Å². The van der Waals surface area contributed by atoms with Crippen LogP contribution in [0, 0.1) is 0 Å². The summed E-state index contributed by atoms with van der Waals surface area (Å²) in [6.07, 6.45) is 1.80. The van der Waals surface area contributed by atoms with Gasteiger partial charge in [-0.25, -0.2) is 9.78 Å². The smallest absolute Gasteiger partial charge is 0.317 e. The Morgan fingerprint density at radius 1 is 0.929 bits per heavy atom. The molecule has 4 rings (SSSR count). The molecule has 0 spiro atoms. The maximum atomic E-state index is 12.6. The number of hydrogen-bond acceptors (Lipinski definition) is 5. The number of hydrogen-bond donors (Lipinski definition) is 1. The minimum Gasteiger partial charge on any atom is -0.378 e. The molecule has 2 aromatic rings. The van der Waals surface area contributed by atoms with Crippen molar-refractivity contribution in [2.24, 2.45) is 0 Å². The summed E-state index contributed by atoms with van der Waals surface area (Å²) in [4.78, 5) is 23.6. The van der Waals surface area contributed by atoms with Crippen LogP contribution in [0.1, 0.15) is 5.56 Å². The van der Waals surface area contributed by atoms with E-state index in [0.29, 0.717) is 19.8 Å². The van der Waals surface area contributed by atoms with Crippen molar-refractivity contribution in [1.29, 1.82) is 0 Å². The van der Waals surface area contributed by atoms with Crippen molar-refractivity contribution in [3.63, 3.8) is 0 Å². The van der Waals surface area contributed by atoms with Crippen LogP contribution in [0.5, 0.6) is 0 Å². The molecule has 2 aliphatic heterocycles. The maximum absolute atomic E-state index is 12.6. The Morgan fingerprint density at radius 2 is 1.68 bits per heavy atom. The van der Waals surface area contributed by atoms with E-state index in [2.05, 4.69) is 32.2 Å². The molecule has 2 saturated heterocycles. The summed E-state index contributed by atoms with van der Waals surface area (Å²) in [7, 11) is 0. The predicted molar refractivity (Wildman–Crippen MR) is 110 cm³/mol. The van der Waals surface area contributed by atoms with Crippen LogP contribution >= 0.6 is 0 Å². The first-order chi connectivity index (χ1) is 13.8. The van der Waals surface area contributed by atoms with Crippen molar-refractivity contribution < 1.29 is 9.53 Å². The van der Waals surface area contributed by atoms with Crippen LogP contribution in [-0.2, 0) is 11.3 Å². The Balaban J connectivity index is 1.31. The van der Waals surface area contributed by atoms with Gasteiger partial charge in [-0.2, -0.15) is 0 Å². The molecule has 3 heterocycles. The predicted octanol–water partition coefficient (Wildman–Crippen LogP) is 1.95. The molecule has 1 N–H and O–H groups in total. The molecule has 0 atom stereocenters. The lowest BCUT2D eigenvalue weighted by Gasteiger charge is -2.36. The zero-order valence-electron chi connectivity index (χ0n) is 16.1. The Hall–Kier alpha value is -2.80. The number of nitrogens with one attached hydrogen (secondary N) is 1. The molecular weight excluding hydrogens is 354 g/mol. The number of carbonyl (C=O) groups is 1. The molecule has 2 fully saturated rings. The Morgan fingerprint density at radius 3 is 2.43 bits per heavy atom. The van der Waals surface area contributed by atoms with Gasteiger partial charge in [0.2, 0.25) is 0 Å². The highest BCUT2D eigenvalue weighted by atomic mass is 16.5. The van der Waals surface area contributed by atoms with Crippen molar-refractivity contribution >= 4 is 17.5 Å². The van der Waals surface area contributed by atoms with E-state index in [1.165, 1.54) is 5.69 Å². The van der Waals surface area contributed by atoms with E-state index in [1.54, 1.807) is 6.20 Å². The molecule has 28 heavy (non-hydrogen) atoms. The maximum Gasteiger partial charge on any atom is 0.317 e. The molecule has 148 valence electrons. The van der Waals surface area contributed by atoms with Gasteiger partial charge in [-0.15, -0.1) is 0 Å². The molecule has 2 amide bonds. The van der Waals surface area contributed by atoms with Crippen LogP contribution in [0.2, 0.25) is 0 Å². The lowest BCUT2D eigenvalue weighted by atomic mass is 10.2. The second-order valence-electron chi connectivity index (χ2n) is 7.05. The number of rotatable bonds is 4.